The van der Waals surface area contributed by atoms with Gasteiger partial charge in [0.15, 0.2) is 0 Å². The molecule has 1 fully saturated rings. The fourth-order valence-electron chi connectivity index (χ4n) is 2.08. The molecule has 4 nitrogen and oxygen atoms in total. The van der Waals surface area contributed by atoms with Gasteiger partial charge in [-0.2, -0.15) is 0 Å². The summed E-state index contributed by atoms with van der Waals surface area (Å²) in [7, 11) is 2.09. The third kappa shape index (κ3) is 3.07. The van der Waals surface area contributed by atoms with Crippen molar-refractivity contribution >= 4 is 0 Å². The molecule has 90 valence electrons. The van der Waals surface area contributed by atoms with Gasteiger partial charge in [-0.1, -0.05) is 0 Å². The summed E-state index contributed by atoms with van der Waals surface area (Å²) in [5.41, 5.74) is 6.59. The SMILES string of the molecule is CN(Cc1cc(CN)co1)CC1CCCO1. The quantitative estimate of drug-likeness (QED) is 0.820. The molecule has 1 aromatic rings. The van der Waals surface area contributed by atoms with Crippen LogP contribution in [-0.2, 0) is 17.8 Å². The van der Waals surface area contributed by atoms with Gasteiger partial charge in [-0.3, -0.25) is 4.90 Å². The predicted molar refractivity (Wildman–Crippen MR) is 61.9 cm³/mol. The molecule has 0 radical (unpaired) electrons. The monoisotopic (exact) mass is 224 g/mol. The molecular weight excluding hydrogens is 204 g/mol. The Labute approximate surface area is 96.4 Å². The standard InChI is InChI=1S/C12H20N2O2/c1-14(7-11-3-2-4-15-11)8-12-5-10(6-13)9-16-12/h5,9,11H,2-4,6-8,13H2,1H3. The first-order valence-corrected chi connectivity index (χ1v) is 5.84. The zero-order valence-electron chi connectivity index (χ0n) is 9.82. The zero-order chi connectivity index (χ0) is 11.4. The highest BCUT2D eigenvalue weighted by atomic mass is 16.5. The molecule has 1 atom stereocenters. The van der Waals surface area contributed by atoms with Gasteiger partial charge in [-0.15, -0.1) is 0 Å². The summed E-state index contributed by atoms with van der Waals surface area (Å²) in [6, 6.07) is 2.02. The number of nitrogens with zero attached hydrogens (tertiary/aromatic N) is 1. The number of hydrogen-bond acceptors (Lipinski definition) is 4. The first-order chi connectivity index (χ1) is 7.78. The topological polar surface area (TPSA) is 51.6 Å². The summed E-state index contributed by atoms with van der Waals surface area (Å²) >= 11 is 0. The second-order valence-electron chi connectivity index (χ2n) is 4.46. The Hall–Kier alpha value is -0.840. The average molecular weight is 224 g/mol. The van der Waals surface area contributed by atoms with Crippen LogP contribution in [0, 0.1) is 0 Å². The molecule has 16 heavy (non-hydrogen) atoms. The lowest BCUT2D eigenvalue weighted by molar-refractivity contribution is 0.0774. The van der Waals surface area contributed by atoms with Gasteiger partial charge < -0.3 is 14.9 Å². The summed E-state index contributed by atoms with van der Waals surface area (Å²) in [4.78, 5) is 2.23. The third-order valence-electron chi connectivity index (χ3n) is 2.91. The molecule has 0 aromatic carbocycles. The van der Waals surface area contributed by atoms with Gasteiger partial charge in [0.1, 0.15) is 5.76 Å². The molecular formula is C12H20N2O2. The van der Waals surface area contributed by atoms with Gasteiger partial charge in [0, 0.05) is 25.3 Å². The number of ether oxygens (including phenoxy) is 1. The minimum Gasteiger partial charge on any atom is -0.468 e. The van der Waals surface area contributed by atoms with Crippen molar-refractivity contribution in [1.82, 2.24) is 4.90 Å². The fraction of sp³-hybridized carbons (Fsp3) is 0.667. The fourth-order valence-corrected chi connectivity index (χ4v) is 2.08. The highest BCUT2D eigenvalue weighted by molar-refractivity contribution is 5.12. The molecule has 1 saturated heterocycles. The maximum Gasteiger partial charge on any atom is 0.118 e. The van der Waals surface area contributed by atoms with Crippen LogP contribution in [0.3, 0.4) is 0 Å². The van der Waals surface area contributed by atoms with Crippen molar-refractivity contribution in [2.45, 2.75) is 32.0 Å². The normalized spacial score (nSPS) is 20.8. The second kappa shape index (κ2) is 5.48. The maximum absolute atomic E-state index is 5.60. The number of furan rings is 1. The lowest BCUT2D eigenvalue weighted by atomic mass is 10.2. The van der Waals surface area contributed by atoms with E-state index in [2.05, 4.69) is 11.9 Å². The van der Waals surface area contributed by atoms with Crippen molar-refractivity contribution in [1.29, 1.82) is 0 Å². The summed E-state index contributed by atoms with van der Waals surface area (Å²) in [5.74, 6) is 0.973. The molecule has 0 saturated carbocycles. The van der Waals surface area contributed by atoms with Crippen LogP contribution in [0.1, 0.15) is 24.2 Å². The Morgan fingerprint density at radius 2 is 2.44 bits per heavy atom. The van der Waals surface area contributed by atoms with Gasteiger partial charge in [0.25, 0.3) is 0 Å². The number of nitrogens with two attached hydrogens (primary N) is 1. The van der Waals surface area contributed by atoms with Crippen molar-refractivity contribution in [3.63, 3.8) is 0 Å². The number of rotatable bonds is 5. The van der Waals surface area contributed by atoms with Crippen LogP contribution in [0.2, 0.25) is 0 Å². The van der Waals surface area contributed by atoms with Crippen molar-refractivity contribution in [2.24, 2.45) is 5.73 Å². The lowest BCUT2D eigenvalue weighted by Gasteiger charge is -2.19. The van der Waals surface area contributed by atoms with Gasteiger partial charge in [-0.05, 0) is 26.0 Å². The van der Waals surface area contributed by atoms with Crippen LogP contribution in [0.4, 0.5) is 0 Å². The van der Waals surface area contributed by atoms with E-state index in [4.69, 9.17) is 14.9 Å². The molecule has 0 spiro atoms. The second-order valence-corrected chi connectivity index (χ2v) is 4.46. The van der Waals surface area contributed by atoms with Crippen molar-refractivity contribution in [3.8, 4) is 0 Å². The van der Waals surface area contributed by atoms with Gasteiger partial charge in [0.05, 0.1) is 18.9 Å². The average Bonchev–Trinajstić information content (AvgIpc) is 2.89. The first kappa shape index (κ1) is 11.6. The van der Waals surface area contributed by atoms with E-state index < -0.39 is 0 Å². The molecule has 0 aliphatic carbocycles. The Kier molecular flexibility index (Phi) is 3.98. The van der Waals surface area contributed by atoms with E-state index in [0.717, 1.165) is 31.0 Å². The van der Waals surface area contributed by atoms with Gasteiger partial charge in [0.2, 0.25) is 0 Å². The lowest BCUT2D eigenvalue weighted by Crippen LogP contribution is -2.28. The van der Waals surface area contributed by atoms with Crippen LogP contribution in [0.5, 0.6) is 0 Å². The summed E-state index contributed by atoms with van der Waals surface area (Å²) < 4.78 is 11.0. The van der Waals surface area contributed by atoms with Crippen molar-refractivity contribution in [3.05, 3.63) is 23.7 Å². The number of likely N-dealkylation sites (N-methyl/N-ethyl adjacent to an activating group) is 1. The van der Waals surface area contributed by atoms with Crippen LogP contribution in [-0.4, -0.2) is 31.2 Å². The number of hydrogen-bond donors (Lipinski definition) is 1. The highest BCUT2D eigenvalue weighted by Crippen LogP contribution is 2.15. The molecule has 4 heteroatoms. The smallest absolute Gasteiger partial charge is 0.118 e. The predicted octanol–water partition coefficient (Wildman–Crippen LogP) is 1.35. The van der Waals surface area contributed by atoms with Crippen LogP contribution >= 0.6 is 0 Å². The summed E-state index contributed by atoms with van der Waals surface area (Å²) in [6.45, 7) is 3.24. The highest BCUT2D eigenvalue weighted by Gasteiger charge is 2.17. The molecule has 1 aromatic heterocycles. The van der Waals surface area contributed by atoms with Crippen LogP contribution in [0.15, 0.2) is 16.7 Å². The molecule has 2 heterocycles. The van der Waals surface area contributed by atoms with Crippen LogP contribution < -0.4 is 5.73 Å². The van der Waals surface area contributed by atoms with E-state index in [1.54, 1.807) is 6.26 Å². The summed E-state index contributed by atoms with van der Waals surface area (Å²) in [6.07, 6.45) is 4.50. The Morgan fingerprint density at radius 1 is 1.56 bits per heavy atom. The van der Waals surface area contributed by atoms with Crippen molar-refractivity contribution in [2.75, 3.05) is 20.2 Å². The largest absolute Gasteiger partial charge is 0.468 e. The van der Waals surface area contributed by atoms with Gasteiger partial charge in [-0.25, -0.2) is 0 Å². The Bertz CT molecular complexity index is 319. The van der Waals surface area contributed by atoms with Crippen LogP contribution in [0.25, 0.3) is 0 Å². The van der Waals surface area contributed by atoms with E-state index in [-0.39, 0.29) is 0 Å². The van der Waals surface area contributed by atoms with E-state index in [0.29, 0.717) is 12.6 Å². The maximum atomic E-state index is 5.60. The molecule has 0 bridgehead atoms. The zero-order valence-corrected chi connectivity index (χ0v) is 9.82. The Morgan fingerprint density at radius 3 is 3.06 bits per heavy atom. The minimum absolute atomic E-state index is 0.397. The summed E-state index contributed by atoms with van der Waals surface area (Å²) in [5, 5.41) is 0. The van der Waals surface area contributed by atoms with E-state index in [1.807, 2.05) is 6.07 Å². The third-order valence-corrected chi connectivity index (χ3v) is 2.91. The van der Waals surface area contributed by atoms with Crippen molar-refractivity contribution < 1.29 is 9.15 Å². The first-order valence-electron chi connectivity index (χ1n) is 5.84. The minimum atomic E-state index is 0.397. The Balaban J connectivity index is 1.79. The molecule has 1 aliphatic rings. The molecule has 1 aliphatic heterocycles. The molecule has 2 rings (SSSR count). The van der Waals surface area contributed by atoms with E-state index in [1.165, 1.54) is 12.8 Å². The molecule has 2 N–H and O–H groups in total. The molecule has 0 amide bonds. The van der Waals surface area contributed by atoms with Gasteiger partial charge >= 0.3 is 0 Å². The van der Waals surface area contributed by atoms with E-state index in [9.17, 15) is 0 Å². The van der Waals surface area contributed by atoms with E-state index >= 15 is 0 Å². The molecule has 1 unspecified atom stereocenters.